The summed E-state index contributed by atoms with van der Waals surface area (Å²) in [6.07, 6.45) is 0. The van der Waals surface area contributed by atoms with Gasteiger partial charge in [-0.2, -0.15) is 0 Å². The molecule has 1 aromatic carbocycles. The zero-order chi connectivity index (χ0) is 13.0. The summed E-state index contributed by atoms with van der Waals surface area (Å²) in [5, 5.41) is 3.80. The van der Waals surface area contributed by atoms with Gasteiger partial charge in [-0.15, -0.1) is 0 Å². The fourth-order valence-corrected chi connectivity index (χ4v) is 1.81. The van der Waals surface area contributed by atoms with Gasteiger partial charge >= 0.3 is 0 Å². The van der Waals surface area contributed by atoms with Crippen molar-refractivity contribution in [3.05, 3.63) is 52.7 Å². The van der Waals surface area contributed by atoms with Gasteiger partial charge in [0.25, 0.3) is 0 Å². The van der Waals surface area contributed by atoms with Crippen LogP contribution >= 0.6 is 11.6 Å². The van der Waals surface area contributed by atoms with Crippen LogP contribution in [0.4, 0.5) is 0 Å². The van der Waals surface area contributed by atoms with E-state index in [2.05, 4.69) is 10.3 Å². The Kier molecular flexibility index (Phi) is 4.18. The van der Waals surface area contributed by atoms with Crippen molar-refractivity contribution in [2.24, 2.45) is 0 Å². The topological polar surface area (TPSA) is 34.2 Å². The fraction of sp³-hybridized carbons (Fsp3) is 0.214. The van der Waals surface area contributed by atoms with Gasteiger partial charge in [-0.05, 0) is 49.9 Å². The molecule has 3 nitrogen and oxygen atoms in total. The summed E-state index contributed by atoms with van der Waals surface area (Å²) in [5.74, 6) is 1.33. The van der Waals surface area contributed by atoms with Crippen LogP contribution < -0.4 is 10.1 Å². The third-order valence-electron chi connectivity index (χ3n) is 2.41. The number of hydrogen-bond donors (Lipinski definition) is 1. The summed E-state index contributed by atoms with van der Waals surface area (Å²) in [5.41, 5.74) is 2.08. The number of nitrogens with zero attached hydrogens (tertiary/aromatic N) is 1. The Bertz CT molecular complexity index is 526. The van der Waals surface area contributed by atoms with Crippen molar-refractivity contribution < 1.29 is 4.74 Å². The Morgan fingerprint density at radius 2 is 1.94 bits per heavy atom. The first kappa shape index (κ1) is 12.9. The molecular formula is C14H15ClN2O. The van der Waals surface area contributed by atoms with E-state index in [1.54, 1.807) is 12.1 Å². The molecule has 0 amide bonds. The van der Waals surface area contributed by atoms with Gasteiger partial charge in [0.15, 0.2) is 0 Å². The zero-order valence-electron chi connectivity index (χ0n) is 10.4. The maximum absolute atomic E-state index is 5.83. The van der Waals surface area contributed by atoms with E-state index in [1.807, 2.05) is 38.2 Å². The summed E-state index contributed by atoms with van der Waals surface area (Å²) < 4.78 is 5.70. The van der Waals surface area contributed by atoms with E-state index in [0.717, 1.165) is 23.6 Å². The fourth-order valence-electron chi connectivity index (χ4n) is 1.69. The lowest BCUT2D eigenvalue weighted by Gasteiger charge is -2.08. The van der Waals surface area contributed by atoms with Crippen LogP contribution in [0, 0.1) is 6.92 Å². The van der Waals surface area contributed by atoms with Crippen LogP contribution in [0.15, 0.2) is 36.4 Å². The minimum absolute atomic E-state index is 0.600. The summed E-state index contributed by atoms with van der Waals surface area (Å²) in [6.45, 7) is 2.74. The molecule has 1 aromatic heterocycles. The lowest BCUT2D eigenvalue weighted by atomic mass is 10.2. The molecule has 2 rings (SSSR count). The second kappa shape index (κ2) is 5.85. The minimum Gasteiger partial charge on any atom is -0.439 e. The monoisotopic (exact) mass is 262 g/mol. The van der Waals surface area contributed by atoms with Crippen LogP contribution in [0.1, 0.15) is 11.3 Å². The molecule has 0 aliphatic rings. The Hall–Kier alpha value is -1.58. The van der Waals surface area contributed by atoms with Crippen molar-refractivity contribution in [1.82, 2.24) is 10.3 Å². The van der Waals surface area contributed by atoms with Crippen molar-refractivity contribution in [2.45, 2.75) is 13.5 Å². The molecule has 0 saturated heterocycles. The largest absolute Gasteiger partial charge is 0.439 e. The third kappa shape index (κ3) is 3.45. The molecule has 1 N–H and O–H groups in total. The van der Waals surface area contributed by atoms with E-state index >= 15 is 0 Å². The normalized spacial score (nSPS) is 10.4. The van der Waals surface area contributed by atoms with E-state index in [9.17, 15) is 0 Å². The molecule has 0 fully saturated rings. The van der Waals surface area contributed by atoms with Gasteiger partial charge in [-0.1, -0.05) is 11.6 Å². The van der Waals surface area contributed by atoms with E-state index in [0.29, 0.717) is 10.9 Å². The maximum atomic E-state index is 5.83. The molecule has 0 bridgehead atoms. The van der Waals surface area contributed by atoms with Crippen LogP contribution in [0.5, 0.6) is 11.6 Å². The standard InChI is InChI=1S/C14H15ClN2O/c1-10-7-11(9-16-2)8-14(17-10)18-13-5-3-12(15)4-6-13/h3-8,16H,9H2,1-2H3. The van der Waals surface area contributed by atoms with Crippen LogP contribution in [0.2, 0.25) is 5.02 Å². The molecule has 1 heterocycles. The Morgan fingerprint density at radius 1 is 1.22 bits per heavy atom. The summed E-state index contributed by atoms with van der Waals surface area (Å²) >= 11 is 5.83. The van der Waals surface area contributed by atoms with Crippen molar-refractivity contribution in [3.63, 3.8) is 0 Å². The second-order valence-corrected chi connectivity index (χ2v) is 4.48. The summed E-state index contributed by atoms with van der Waals surface area (Å²) in [7, 11) is 1.91. The van der Waals surface area contributed by atoms with Crippen LogP contribution in [0.3, 0.4) is 0 Å². The number of pyridine rings is 1. The smallest absolute Gasteiger partial charge is 0.219 e. The molecule has 2 aromatic rings. The highest BCUT2D eigenvalue weighted by Gasteiger charge is 2.02. The molecule has 0 saturated carbocycles. The number of aryl methyl sites for hydroxylation is 1. The zero-order valence-corrected chi connectivity index (χ0v) is 11.2. The van der Waals surface area contributed by atoms with Gasteiger partial charge in [0, 0.05) is 23.3 Å². The number of halogens is 1. The maximum Gasteiger partial charge on any atom is 0.219 e. The molecule has 18 heavy (non-hydrogen) atoms. The predicted octanol–water partition coefficient (Wildman–Crippen LogP) is 3.56. The number of hydrogen-bond acceptors (Lipinski definition) is 3. The second-order valence-electron chi connectivity index (χ2n) is 4.04. The van der Waals surface area contributed by atoms with E-state index < -0.39 is 0 Å². The van der Waals surface area contributed by atoms with Gasteiger partial charge in [-0.25, -0.2) is 4.98 Å². The highest BCUT2D eigenvalue weighted by atomic mass is 35.5. The van der Waals surface area contributed by atoms with Gasteiger partial charge in [0.05, 0.1) is 0 Å². The van der Waals surface area contributed by atoms with Crippen LogP contribution in [-0.4, -0.2) is 12.0 Å². The van der Waals surface area contributed by atoms with Crippen molar-refractivity contribution in [1.29, 1.82) is 0 Å². The molecule has 0 aliphatic heterocycles. The highest BCUT2D eigenvalue weighted by Crippen LogP contribution is 2.22. The molecule has 0 unspecified atom stereocenters. The molecule has 0 atom stereocenters. The quantitative estimate of drug-likeness (QED) is 0.915. The number of ether oxygens (including phenoxy) is 1. The van der Waals surface area contributed by atoms with Gasteiger partial charge in [-0.3, -0.25) is 0 Å². The molecule has 0 aliphatic carbocycles. The molecule has 4 heteroatoms. The molecular weight excluding hydrogens is 248 g/mol. The number of aromatic nitrogens is 1. The van der Waals surface area contributed by atoms with Crippen LogP contribution in [0.25, 0.3) is 0 Å². The Balaban J connectivity index is 2.20. The first-order valence-electron chi connectivity index (χ1n) is 5.73. The van der Waals surface area contributed by atoms with Crippen molar-refractivity contribution in [2.75, 3.05) is 7.05 Å². The third-order valence-corrected chi connectivity index (χ3v) is 2.66. The Labute approximate surface area is 112 Å². The van der Waals surface area contributed by atoms with E-state index in [1.165, 1.54) is 0 Å². The number of benzene rings is 1. The molecule has 0 spiro atoms. The average Bonchev–Trinajstić information content (AvgIpc) is 2.32. The SMILES string of the molecule is CNCc1cc(C)nc(Oc2ccc(Cl)cc2)c1. The first-order chi connectivity index (χ1) is 8.67. The first-order valence-corrected chi connectivity index (χ1v) is 6.11. The molecule has 0 radical (unpaired) electrons. The van der Waals surface area contributed by atoms with Crippen molar-refractivity contribution in [3.8, 4) is 11.6 Å². The lowest BCUT2D eigenvalue weighted by molar-refractivity contribution is 0.460. The van der Waals surface area contributed by atoms with Crippen molar-refractivity contribution >= 4 is 11.6 Å². The van der Waals surface area contributed by atoms with E-state index in [4.69, 9.17) is 16.3 Å². The van der Waals surface area contributed by atoms with Gasteiger partial charge in [0.2, 0.25) is 5.88 Å². The summed E-state index contributed by atoms with van der Waals surface area (Å²) in [4.78, 5) is 4.35. The predicted molar refractivity (Wildman–Crippen MR) is 73.3 cm³/mol. The number of nitrogens with one attached hydrogen (secondary N) is 1. The Morgan fingerprint density at radius 3 is 2.61 bits per heavy atom. The molecule has 94 valence electrons. The van der Waals surface area contributed by atoms with E-state index in [-0.39, 0.29) is 0 Å². The average molecular weight is 263 g/mol. The minimum atomic E-state index is 0.600. The highest BCUT2D eigenvalue weighted by molar-refractivity contribution is 6.30. The number of rotatable bonds is 4. The summed E-state index contributed by atoms with van der Waals surface area (Å²) in [6, 6.07) is 11.2. The van der Waals surface area contributed by atoms with Gasteiger partial charge in [0.1, 0.15) is 5.75 Å². The lowest BCUT2D eigenvalue weighted by Crippen LogP contribution is -2.06. The van der Waals surface area contributed by atoms with Crippen LogP contribution in [-0.2, 0) is 6.54 Å². The van der Waals surface area contributed by atoms with Gasteiger partial charge < -0.3 is 10.1 Å².